The van der Waals surface area contributed by atoms with Crippen molar-refractivity contribution in [2.24, 2.45) is 0 Å². The molecule has 0 radical (unpaired) electrons. The third kappa shape index (κ3) is 5.71. The Hall–Kier alpha value is -7.49. The van der Waals surface area contributed by atoms with Crippen molar-refractivity contribution in [3.8, 4) is 27.9 Å². The molecule has 0 saturated carbocycles. The van der Waals surface area contributed by atoms with Gasteiger partial charge in [0.1, 0.15) is 11.1 Å². The van der Waals surface area contributed by atoms with Crippen molar-refractivity contribution in [1.29, 1.82) is 0 Å². The largest absolute Gasteiger partial charge is 0.454 e. The van der Waals surface area contributed by atoms with Gasteiger partial charge in [0.2, 0.25) is 0 Å². The van der Waals surface area contributed by atoms with E-state index in [0.717, 1.165) is 34.1 Å². The number of para-hydroxylation sites is 2. The summed E-state index contributed by atoms with van der Waals surface area (Å²) in [6, 6.07) is 69.7. The summed E-state index contributed by atoms with van der Waals surface area (Å²) in [4.78, 5) is 4.71. The van der Waals surface area contributed by atoms with Crippen LogP contribution in [0.25, 0.3) is 88.2 Å². The van der Waals surface area contributed by atoms with Gasteiger partial charge in [0.05, 0.1) is 16.7 Å². The molecule has 8 aromatic carbocycles. The lowest BCUT2D eigenvalue weighted by Gasteiger charge is -2.17. The van der Waals surface area contributed by atoms with Crippen molar-refractivity contribution in [1.82, 2.24) is 9.55 Å². The van der Waals surface area contributed by atoms with Crippen molar-refractivity contribution < 1.29 is 4.42 Å². The maximum absolute atomic E-state index is 6.21. The number of fused-ring (bicyclic) bond motifs is 7. The zero-order chi connectivity index (χ0) is 37.7. The number of pyridine rings is 1. The van der Waals surface area contributed by atoms with Crippen molar-refractivity contribution in [2.75, 3.05) is 0 Å². The summed E-state index contributed by atoms with van der Waals surface area (Å²) in [7, 11) is 0. The molecule has 268 valence electrons. The van der Waals surface area contributed by atoms with Crippen LogP contribution in [0.2, 0.25) is 0 Å². The highest BCUT2D eigenvalue weighted by Crippen LogP contribution is 2.39. The van der Waals surface area contributed by atoms with Gasteiger partial charge >= 0.3 is 0 Å². The first-order valence-electron chi connectivity index (χ1n) is 19.5. The fourth-order valence-electron chi connectivity index (χ4n) is 8.58. The minimum atomic E-state index is 0.772. The predicted molar refractivity (Wildman–Crippen MR) is 238 cm³/mol. The third-order valence-corrected chi connectivity index (χ3v) is 11.4. The Balaban J connectivity index is 1.03. The molecule has 3 nitrogen and oxygen atoms in total. The zero-order valence-corrected chi connectivity index (χ0v) is 31.1. The van der Waals surface area contributed by atoms with E-state index in [1.165, 1.54) is 77.2 Å². The molecule has 57 heavy (non-hydrogen) atoms. The molecule has 0 N–H and O–H groups in total. The van der Waals surface area contributed by atoms with Crippen LogP contribution in [0.3, 0.4) is 0 Å². The van der Waals surface area contributed by atoms with Gasteiger partial charge < -0.3 is 8.98 Å². The molecule has 11 aromatic rings. The number of hydrogen-bond donors (Lipinski definition) is 0. The van der Waals surface area contributed by atoms with E-state index < -0.39 is 0 Å². The number of furan rings is 1. The van der Waals surface area contributed by atoms with Crippen molar-refractivity contribution in [2.45, 2.75) is 6.42 Å². The molecule has 3 aromatic heterocycles. The Morgan fingerprint density at radius 2 is 1.07 bits per heavy atom. The SMILES string of the molecule is C(/Cc1ccc(-c2ccc(-c3ccccc3)cc2)cc1)=C(/c1ccc2oc3cccnc3c2c1)c1ccc(-n2c3ccccc3c3ccccc32)c2ccccc12. The van der Waals surface area contributed by atoms with E-state index in [1.54, 1.807) is 0 Å². The van der Waals surface area contributed by atoms with Crippen molar-refractivity contribution in [3.05, 3.63) is 223 Å². The third-order valence-electron chi connectivity index (χ3n) is 11.4. The maximum Gasteiger partial charge on any atom is 0.153 e. The fraction of sp³-hybridized carbons (Fsp3) is 0.0185. The predicted octanol–water partition coefficient (Wildman–Crippen LogP) is 14.2. The normalized spacial score (nSPS) is 12.0. The first-order valence-corrected chi connectivity index (χ1v) is 19.5. The molecular formula is C54H36N2O. The van der Waals surface area contributed by atoms with Gasteiger partial charge in [0.15, 0.2) is 5.58 Å². The number of benzene rings is 8. The summed E-state index contributed by atoms with van der Waals surface area (Å²) in [5, 5.41) is 5.93. The molecule has 3 heteroatoms. The average Bonchev–Trinajstić information content (AvgIpc) is 3.83. The zero-order valence-electron chi connectivity index (χ0n) is 31.1. The van der Waals surface area contributed by atoms with E-state index in [9.17, 15) is 0 Å². The molecule has 0 saturated heterocycles. The van der Waals surface area contributed by atoms with E-state index in [1.807, 2.05) is 18.3 Å². The van der Waals surface area contributed by atoms with Gasteiger partial charge in [-0.05, 0) is 98.8 Å². The van der Waals surface area contributed by atoms with Crippen LogP contribution >= 0.6 is 0 Å². The van der Waals surface area contributed by atoms with E-state index in [4.69, 9.17) is 9.40 Å². The molecule has 0 aliphatic heterocycles. The number of allylic oxidation sites excluding steroid dienone is 1. The minimum absolute atomic E-state index is 0.772. The maximum atomic E-state index is 6.21. The molecule has 0 bridgehead atoms. The van der Waals surface area contributed by atoms with Crippen LogP contribution in [0.5, 0.6) is 0 Å². The van der Waals surface area contributed by atoms with E-state index in [2.05, 4.69) is 193 Å². The minimum Gasteiger partial charge on any atom is -0.454 e. The van der Waals surface area contributed by atoms with Crippen LogP contribution in [0.1, 0.15) is 16.7 Å². The number of hydrogen-bond acceptors (Lipinski definition) is 2. The van der Waals surface area contributed by atoms with Crippen LogP contribution < -0.4 is 0 Å². The molecule has 0 amide bonds. The Kier molecular flexibility index (Phi) is 7.89. The number of nitrogens with zero attached hydrogens (tertiary/aromatic N) is 2. The number of rotatable bonds is 7. The lowest BCUT2D eigenvalue weighted by molar-refractivity contribution is 0.668. The van der Waals surface area contributed by atoms with E-state index >= 15 is 0 Å². The van der Waals surface area contributed by atoms with E-state index in [0.29, 0.717) is 0 Å². The van der Waals surface area contributed by atoms with Crippen molar-refractivity contribution in [3.63, 3.8) is 0 Å². The lowest BCUT2D eigenvalue weighted by Crippen LogP contribution is -1.98. The summed E-state index contributed by atoms with van der Waals surface area (Å²) in [6.07, 6.45) is 5.00. The molecule has 0 spiro atoms. The van der Waals surface area contributed by atoms with E-state index in [-0.39, 0.29) is 0 Å². The average molecular weight is 729 g/mol. The number of aromatic nitrogens is 2. The Bertz CT molecular complexity index is 3240. The first-order chi connectivity index (χ1) is 28.3. The Morgan fingerprint density at radius 3 is 1.77 bits per heavy atom. The highest BCUT2D eigenvalue weighted by Gasteiger charge is 2.18. The van der Waals surface area contributed by atoms with Crippen molar-refractivity contribution >= 4 is 60.2 Å². The van der Waals surface area contributed by atoms with Gasteiger partial charge in [-0.15, -0.1) is 0 Å². The summed E-state index contributed by atoms with van der Waals surface area (Å²) >= 11 is 0. The molecule has 0 fully saturated rings. The van der Waals surface area contributed by atoms with Gasteiger partial charge in [-0.3, -0.25) is 4.98 Å². The summed E-state index contributed by atoms with van der Waals surface area (Å²) in [5.41, 5.74) is 15.7. The van der Waals surface area contributed by atoms with Gasteiger partial charge in [0.25, 0.3) is 0 Å². The fourth-order valence-corrected chi connectivity index (χ4v) is 8.58. The summed E-state index contributed by atoms with van der Waals surface area (Å²) in [5.74, 6) is 0. The molecule has 0 aliphatic carbocycles. The highest BCUT2D eigenvalue weighted by atomic mass is 16.3. The molecule has 11 rings (SSSR count). The van der Waals surface area contributed by atoms with Gasteiger partial charge in [-0.1, -0.05) is 158 Å². The summed E-state index contributed by atoms with van der Waals surface area (Å²) < 4.78 is 8.63. The molecule has 0 atom stereocenters. The van der Waals surface area contributed by atoms with Gasteiger partial charge in [-0.25, -0.2) is 0 Å². The van der Waals surface area contributed by atoms with Crippen LogP contribution in [0, 0.1) is 0 Å². The van der Waals surface area contributed by atoms with Crippen LogP contribution in [0.4, 0.5) is 0 Å². The quantitative estimate of drug-likeness (QED) is 0.164. The first kappa shape index (κ1) is 32.9. The molecule has 0 aliphatic rings. The second-order valence-corrected chi connectivity index (χ2v) is 14.7. The second-order valence-electron chi connectivity index (χ2n) is 14.7. The molecule has 0 unspecified atom stereocenters. The second kappa shape index (κ2) is 13.7. The van der Waals surface area contributed by atoms with Gasteiger partial charge in [-0.2, -0.15) is 0 Å². The van der Waals surface area contributed by atoms with Crippen LogP contribution in [-0.2, 0) is 6.42 Å². The molecule has 3 heterocycles. The van der Waals surface area contributed by atoms with Crippen LogP contribution in [-0.4, -0.2) is 9.55 Å². The summed E-state index contributed by atoms with van der Waals surface area (Å²) in [6.45, 7) is 0. The monoisotopic (exact) mass is 728 g/mol. The standard InChI is InChI=1S/C54H36N2O/c1-2-11-37(12-3-1)39-25-27-40(28-26-39)38-23-20-36(21-24-38)22-30-42(41-29-33-52-48(35-41)54-53(57-52)19-10-34-55-54)44-31-32-51(45-14-5-4-13-43(44)45)56-49-17-8-6-15-46(49)47-16-7-9-18-50(47)56/h1-21,23-35H,22H2/b42-30+. The lowest BCUT2D eigenvalue weighted by atomic mass is 9.90. The molecular weight excluding hydrogens is 693 g/mol. The van der Waals surface area contributed by atoms with Crippen LogP contribution in [0.15, 0.2) is 211 Å². The topological polar surface area (TPSA) is 31.0 Å². The Labute approximate surface area is 330 Å². The smallest absolute Gasteiger partial charge is 0.153 e. The Morgan fingerprint density at radius 1 is 0.474 bits per heavy atom. The highest BCUT2D eigenvalue weighted by molar-refractivity contribution is 6.12. The van der Waals surface area contributed by atoms with Gasteiger partial charge in [0, 0.05) is 27.7 Å².